The average molecular weight is 215 g/mol. The van der Waals surface area contributed by atoms with E-state index in [0.29, 0.717) is 18.2 Å². The quantitative estimate of drug-likeness (QED) is 0.713. The number of nitrogens with zero attached hydrogens (tertiary/aromatic N) is 1. The van der Waals surface area contributed by atoms with E-state index in [9.17, 15) is 0 Å². The maximum absolute atomic E-state index is 5.82. The van der Waals surface area contributed by atoms with Gasteiger partial charge in [0.25, 0.3) is 0 Å². The molecule has 2 nitrogen and oxygen atoms in total. The normalized spacial score (nSPS) is 23.8. The topological polar surface area (TPSA) is 12.5 Å². The minimum absolute atomic E-state index is 0.356. The van der Waals surface area contributed by atoms with E-state index < -0.39 is 0 Å². The van der Waals surface area contributed by atoms with Gasteiger partial charge in [-0.15, -0.1) is 0 Å². The van der Waals surface area contributed by atoms with Crippen molar-refractivity contribution in [1.29, 1.82) is 0 Å². The fourth-order valence-corrected chi connectivity index (χ4v) is 2.30. The summed E-state index contributed by atoms with van der Waals surface area (Å²) in [5.41, 5.74) is 0. The molecule has 15 heavy (non-hydrogen) atoms. The summed E-state index contributed by atoms with van der Waals surface area (Å²) in [4.78, 5) is 2.53. The molecule has 1 rings (SSSR count). The number of likely N-dealkylation sites (N-methyl/N-ethyl adjacent to an activating group) is 1. The number of likely N-dealkylation sites (tertiary alicyclic amines) is 1. The average Bonchev–Trinajstić information content (AvgIpc) is 2.67. The van der Waals surface area contributed by atoms with Crippen LogP contribution in [-0.4, -0.2) is 36.2 Å². The van der Waals surface area contributed by atoms with Crippen LogP contribution in [0.15, 0.2) is 0 Å². The van der Waals surface area contributed by atoms with Crippen LogP contribution in [0.1, 0.15) is 54.4 Å². The van der Waals surface area contributed by atoms with Gasteiger partial charge in [0.15, 0.2) is 0 Å². The van der Waals surface area contributed by atoms with E-state index in [2.05, 4.69) is 32.6 Å². The maximum Gasteiger partial charge on any atom is 0.0705 e. The predicted molar refractivity (Wildman–Crippen MR) is 67.3 cm³/mol. The Morgan fingerprint density at radius 1 is 1.27 bits per heavy atom. The Labute approximate surface area is 96.0 Å². The van der Waals surface area contributed by atoms with Gasteiger partial charge in [0.05, 0.1) is 12.2 Å². The van der Waals surface area contributed by atoms with Crippen molar-refractivity contribution in [2.45, 2.75) is 72.6 Å². The van der Waals surface area contributed by atoms with Crippen molar-refractivity contribution in [1.82, 2.24) is 4.90 Å². The number of ether oxygens (including phenoxy) is 1. The zero-order chi connectivity index (χ0) is 11.8. The minimum Gasteiger partial charge on any atom is -0.374 e. The third-order valence-electron chi connectivity index (χ3n) is 2.85. The zero-order valence-corrected chi connectivity index (χ0v) is 11.4. The molecule has 1 heterocycles. The highest BCUT2D eigenvalue weighted by molar-refractivity contribution is 4.83. The molecular weight excluding hydrogens is 186 g/mol. The lowest BCUT2D eigenvalue weighted by molar-refractivity contribution is -0.0239. The van der Waals surface area contributed by atoms with E-state index in [-0.39, 0.29) is 0 Å². The monoisotopic (exact) mass is 215 g/mol. The van der Waals surface area contributed by atoms with Crippen LogP contribution in [0.2, 0.25) is 0 Å². The third-order valence-corrected chi connectivity index (χ3v) is 2.85. The summed E-state index contributed by atoms with van der Waals surface area (Å²) >= 11 is 0. The highest BCUT2D eigenvalue weighted by Gasteiger charge is 2.28. The summed E-state index contributed by atoms with van der Waals surface area (Å²) in [6.45, 7) is 15.1. The molecule has 1 aliphatic heterocycles. The first-order chi connectivity index (χ1) is 7.15. The fraction of sp³-hybridized carbons (Fsp3) is 1.00. The van der Waals surface area contributed by atoms with Gasteiger partial charge in [0, 0.05) is 6.04 Å². The van der Waals surface area contributed by atoms with Gasteiger partial charge >= 0.3 is 0 Å². The van der Waals surface area contributed by atoms with E-state index in [1.807, 2.05) is 13.8 Å². The molecule has 0 saturated carbocycles. The molecule has 0 amide bonds. The predicted octanol–water partition coefficient (Wildman–Crippen LogP) is 3.31. The Balaban J connectivity index is 0.000000921. The summed E-state index contributed by atoms with van der Waals surface area (Å²) in [5, 5.41) is 0. The van der Waals surface area contributed by atoms with E-state index in [1.54, 1.807) is 0 Å². The van der Waals surface area contributed by atoms with Crippen LogP contribution >= 0.6 is 0 Å². The van der Waals surface area contributed by atoms with Gasteiger partial charge < -0.3 is 4.74 Å². The van der Waals surface area contributed by atoms with Crippen molar-refractivity contribution >= 4 is 0 Å². The van der Waals surface area contributed by atoms with E-state index >= 15 is 0 Å². The summed E-state index contributed by atoms with van der Waals surface area (Å²) < 4.78 is 5.82. The van der Waals surface area contributed by atoms with Crippen LogP contribution in [0.25, 0.3) is 0 Å². The summed E-state index contributed by atoms with van der Waals surface area (Å²) in [6, 6.07) is 0.660. The lowest BCUT2D eigenvalue weighted by Crippen LogP contribution is -2.39. The standard InChI is InChI=1S/C11H23NO.C2H6/c1-5-12-8-6-7-11(12)10(4)13-9(2)3;1-2/h9-11H,5-8H2,1-4H3;1-2H3. The van der Waals surface area contributed by atoms with E-state index in [4.69, 9.17) is 4.74 Å². The number of hydrogen-bond donors (Lipinski definition) is 0. The van der Waals surface area contributed by atoms with Gasteiger partial charge in [-0.2, -0.15) is 0 Å². The zero-order valence-electron chi connectivity index (χ0n) is 11.4. The first-order valence-electron chi connectivity index (χ1n) is 6.54. The second-order valence-electron chi connectivity index (χ2n) is 4.23. The lowest BCUT2D eigenvalue weighted by atomic mass is 10.1. The molecule has 0 aromatic carbocycles. The number of rotatable bonds is 4. The van der Waals surface area contributed by atoms with Crippen LogP contribution in [0.5, 0.6) is 0 Å². The molecule has 0 bridgehead atoms. The van der Waals surface area contributed by atoms with Gasteiger partial charge in [-0.3, -0.25) is 4.90 Å². The van der Waals surface area contributed by atoms with Crippen LogP contribution in [0.3, 0.4) is 0 Å². The summed E-state index contributed by atoms with van der Waals surface area (Å²) in [7, 11) is 0. The first kappa shape index (κ1) is 14.9. The highest BCUT2D eigenvalue weighted by Crippen LogP contribution is 2.21. The minimum atomic E-state index is 0.356. The van der Waals surface area contributed by atoms with Crippen molar-refractivity contribution in [3.8, 4) is 0 Å². The lowest BCUT2D eigenvalue weighted by Gasteiger charge is -2.29. The first-order valence-corrected chi connectivity index (χ1v) is 6.54. The van der Waals surface area contributed by atoms with Crippen molar-refractivity contribution in [2.24, 2.45) is 0 Å². The molecule has 2 atom stereocenters. The fourth-order valence-electron chi connectivity index (χ4n) is 2.30. The molecule has 1 aliphatic rings. The van der Waals surface area contributed by atoms with Crippen LogP contribution in [0.4, 0.5) is 0 Å². The molecule has 0 radical (unpaired) electrons. The third kappa shape index (κ3) is 4.98. The molecule has 0 N–H and O–H groups in total. The Bertz CT molecular complexity index is 147. The van der Waals surface area contributed by atoms with Gasteiger partial charge in [0.2, 0.25) is 0 Å². The van der Waals surface area contributed by atoms with Crippen LogP contribution < -0.4 is 0 Å². The molecule has 0 aliphatic carbocycles. The Morgan fingerprint density at radius 2 is 1.87 bits per heavy atom. The van der Waals surface area contributed by atoms with Gasteiger partial charge in [-0.1, -0.05) is 20.8 Å². The molecule has 1 fully saturated rings. The summed E-state index contributed by atoms with van der Waals surface area (Å²) in [5.74, 6) is 0. The molecule has 2 unspecified atom stereocenters. The highest BCUT2D eigenvalue weighted by atomic mass is 16.5. The van der Waals surface area contributed by atoms with Gasteiger partial charge in [-0.25, -0.2) is 0 Å². The molecule has 1 saturated heterocycles. The second-order valence-corrected chi connectivity index (χ2v) is 4.23. The van der Waals surface area contributed by atoms with Crippen molar-refractivity contribution in [3.63, 3.8) is 0 Å². The molecular formula is C13H29NO. The largest absolute Gasteiger partial charge is 0.374 e. The molecule has 0 aromatic rings. The molecule has 2 heteroatoms. The van der Waals surface area contributed by atoms with Crippen LogP contribution in [0, 0.1) is 0 Å². The SMILES string of the molecule is CC.CCN1CCCC1C(C)OC(C)C. The second kappa shape index (κ2) is 8.12. The van der Waals surface area contributed by atoms with Crippen molar-refractivity contribution in [3.05, 3.63) is 0 Å². The smallest absolute Gasteiger partial charge is 0.0705 e. The van der Waals surface area contributed by atoms with E-state index in [0.717, 1.165) is 6.54 Å². The van der Waals surface area contributed by atoms with E-state index in [1.165, 1.54) is 19.4 Å². The Kier molecular flexibility index (Phi) is 8.07. The maximum atomic E-state index is 5.82. The molecule has 92 valence electrons. The van der Waals surface area contributed by atoms with Gasteiger partial charge in [-0.05, 0) is 46.7 Å². The molecule has 0 aromatic heterocycles. The van der Waals surface area contributed by atoms with Crippen molar-refractivity contribution in [2.75, 3.05) is 13.1 Å². The molecule has 0 spiro atoms. The Morgan fingerprint density at radius 3 is 2.33 bits per heavy atom. The van der Waals surface area contributed by atoms with Crippen LogP contribution in [-0.2, 0) is 4.74 Å². The van der Waals surface area contributed by atoms with Gasteiger partial charge in [0.1, 0.15) is 0 Å². The number of hydrogen-bond acceptors (Lipinski definition) is 2. The Hall–Kier alpha value is -0.0800. The van der Waals surface area contributed by atoms with Crippen molar-refractivity contribution < 1.29 is 4.74 Å². The summed E-state index contributed by atoms with van der Waals surface area (Å²) in [6.07, 6.45) is 3.39.